The van der Waals surface area contributed by atoms with Gasteiger partial charge in [-0.3, -0.25) is 4.79 Å². The molecule has 98 valence electrons. The van der Waals surface area contributed by atoms with Crippen LogP contribution in [0.5, 0.6) is 0 Å². The predicted octanol–water partition coefficient (Wildman–Crippen LogP) is 2.93. The van der Waals surface area contributed by atoms with E-state index in [0.717, 1.165) is 36.0 Å². The third kappa shape index (κ3) is 3.71. The summed E-state index contributed by atoms with van der Waals surface area (Å²) in [4.78, 5) is 11.8. The van der Waals surface area contributed by atoms with Crippen LogP contribution >= 0.6 is 15.9 Å². The average molecular weight is 313 g/mol. The van der Waals surface area contributed by atoms with Gasteiger partial charge in [0.05, 0.1) is 6.10 Å². The molecule has 1 aliphatic rings. The number of nitrogens with one attached hydrogen (secondary N) is 1. The minimum absolute atomic E-state index is 0.0159. The van der Waals surface area contributed by atoms with Crippen LogP contribution in [0.4, 0.5) is 11.4 Å². The molecule has 5 heteroatoms. The van der Waals surface area contributed by atoms with Crippen LogP contribution < -0.4 is 11.1 Å². The third-order valence-corrected chi connectivity index (χ3v) is 3.69. The van der Waals surface area contributed by atoms with E-state index >= 15 is 0 Å². The maximum atomic E-state index is 11.8. The Balaban J connectivity index is 1.80. The first-order valence-corrected chi connectivity index (χ1v) is 6.91. The molecule has 0 saturated carbocycles. The van der Waals surface area contributed by atoms with E-state index in [9.17, 15) is 4.79 Å². The van der Waals surface area contributed by atoms with Crippen molar-refractivity contribution >= 4 is 33.2 Å². The van der Waals surface area contributed by atoms with Crippen molar-refractivity contribution in [1.29, 1.82) is 0 Å². The highest BCUT2D eigenvalue weighted by atomic mass is 79.9. The summed E-state index contributed by atoms with van der Waals surface area (Å²) in [6.07, 6.45) is 3.72. The molecule has 1 saturated heterocycles. The first kappa shape index (κ1) is 13.4. The molecular weight excluding hydrogens is 296 g/mol. The van der Waals surface area contributed by atoms with E-state index < -0.39 is 0 Å². The summed E-state index contributed by atoms with van der Waals surface area (Å²) in [5.41, 5.74) is 7.10. The largest absolute Gasteiger partial charge is 0.398 e. The molecule has 1 amide bonds. The second-order valence-electron chi connectivity index (χ2n) is 4.46. The minimum Gasteiger partial charge on any atom is -0.398 e. The number of hydrogen-bond donors (Lipinski definition) is 2. The van der Waals surface area contributed by atoms with Crippen LogP contribution in [0, 0.1) is 0 Å². The normalized spacial score (nSPS) is 18.8. The Kier molecular flexibility index (Phi) is 4.60. The summed E-state index contributed by atoms with van der Waals surface area (Å²) in [5.74, 6) is 0.0159. The van der Waals surface area contributed by atoms with E-state index in [1.165, 1.54) is 0 Å². The van der Waals surface area contributed by atoms with Crippen molar-refractivity contribution in [3.63, 3.8) is 0 Å². The summed E-state index contributed by atoms with van der Waals surface area (Å²) < 4.78 is 6.28. The lowest BCUT2D eigenvalue weighted by molar-refractivity contribution is -0.116. The molecule has 1 atom stereocenters. The van der Waals surface area contributed by atoms with Gasteiger partial charge in [-0.15, -0.1) is 0 Å². The molecule has 4 nitrogen and oxygen atoms in total. The summed E-state index contributed by atoms with van der Waals surface area (Å²) in [6, 6.07) is 5.36. The fourth-order valence-electron chi connectivity index (χ4n) is 1.99. The molecule has 3 N–H and O–H groups in total. The van der Waals surface area contributed by atoms with Crippen LogP contribution in [0.2, 0.25) is 0 Å². The van der Waals surface area contributed by atoms with Crippen LogP contribution in [-0.4, -0.2) is 18.6 Å². The second-order valence-corrected chi connectivity index (χ2v) is 5.31. The standard InChI is InChI=1S/C13H17BrN2O2/c14-11-8-9(3-5-12(11)15)16-13(17)6-4-10-2-1-7-18-10/h3,5,8,10H,1-2,4,6-7,15H2,(H,16,17). The maximum Gasteiger partial charge on any atom is 0.224 e. The number of nitrogen functional groups attached to an aromatic ring is 1. The van der Waals surface area contributed by atoms with Gasteiger partial charge in [-0.25, -0.2) is 0 Å². The highest BCUT2D eigenvalue weighted by Crippen LogP contribution is 2.23. The van der Waals surface area contributed by atoms with E-state index in [0.29, 0.717) is 12.1 Å². The maximum absolute atomic E-state index is 11.8. The van der Waals surface area contributed by atoms with Gasteiger partial charge in [0, 0.05) is 28.9 Å². The molecule has 1 aliphatic heterocycles. The van der Waals surface area contributed by atoms with Gasteiger partial charge < -0.3 is 15.8 Å². The van der Waals surface area contributed by atoms with E-state index in [4.69, 9.17) is 10.5 Å². The number of hydrogen-bond acceptors (Lipinski definition) is 3. The van der Waals surface area contributed by atoms with E-state index in [-0.39, 0.29) is 12.0 Å². The Morgan fingerprint density at radius 2 is 2.39 bits per heavy atom. The zero-order valence-electron chi connectivity index (χ0n) is 10.1. The van der Waals surface area contributed by atoms with E-state index in [1.54, 1.807) is 18.2 Å². The molecule has 1 unspecified atom stereocenters. The second kappa shape index (κ2) is 6.20. The van der Waals surface area contributed by atoms with Gasteiger partial charge in [-0.05, 0) is 53.4 Å². The molecule has 18 heavy (non-hydrogen) atoms. The SMILES string of the molecule is Nc1ccc(NC(=O)CCC2CCCO2)cc1Br. The Labute approximate surface area is 115 Å². The molecule has 0 aromatic heterocycles. The topological polar surface area (TPSA) is 64.3 Å². The molecule has 2 rings (SSSR count). The summed E-state index contributed by atoms with van der Waals surface area (Å²) >= 11 is 3.33. The van der Waals surface area contributed by atoms with Crippen molar-refractivity contribution < 1.29 is 9.53 Å². The molecule has 0 spiro atoms. The van der Waals surface area contributed by atoms with Crippen molar-refractivity contribution in [1.82, 2.24) is 0 Å². The number of anilines is 2. The molecule has 0 aliphatic carbocycles. The predicted molar refractivity (Wildman–Crippen MR) is 75.4 cm³/mol. The van der Waals surface area contributed by atoms with Crippen LogP contribution in [0.25, 0.3) is 0 Å². The summed E-state index contributed by atoms with van der Waals surface area (Å²) in [6.45, 7) is 0.831. The minimum atomic E-state index is 0.0159. The highest BCUT2D eigenvalue weighted by Gasteiger charge is 2.16. The van der Waals surface area contributed by atoms with Gasteiger partial charge in [0.2, 0.25) is 5.91 Å². The molecule has 1 aromatic carbocycles. The Morgan fingerprint density at radius 1 is 1.56 bits per heavy atom. The smallest absolute Gasteiger partial charge is 0.224 e. The lowest BCUT2D eigenvalue weighted by Gasteiger charge is -2.10. The lowest BCUT2D eigenvalue weighted by Crippen LogP contribution is -2.15. The molecule has 1 heterocycles. The molecule has 1 fully saturated rings. The van der Waals surface area contributed by atoms with Crippen LogP contribution in [0.15, 0.2) is 22.7 Å². The van der Waals surface area contributed by atoms with Gasteiger partial charge in [0.1, 0.15) is 0 Å². The quantitative estimate of drug-likeness (QED) is 0.840. The zero-order chi connectivity index (χ0) is 13.0. The molecular formula is C13H17BrN2O2. The summed E-state index contributed by atoms with van der Waals surface area (Å²) in [5, 5.41) is 2.85. The van der Waals surface area contributed by atoms with Gasteiger partial charge in [-0.2, -0.15) is 0 Å². The fraction of sp³-hybridized carbons (Fsp3) is 0.462. The molecule has 0 bridgehead atoms. The van der Waals surface area contributed by atoms with Crippen molar-refractivity contribution in [3.05, 3.63) is 22.7 Å². The van der Waals surface area contributed by atoms with Gasteiger partial charge in [-0.1, -0.05) is 0 Å². The number of benzene rings is 1. The number of nitrogens with two attached hydrogens (primary N) is 1. The highest BCUT2D eigenvalue weighted by molar-refractivity contribution is 9.10. The van der Waals surface area contributed by atoms with Gasteiger partial charge >= 0.3 is 0 Å². The van der Waals surface area contributed by atoms with E-state index in [2.05, 4.69) is 21.2 Å². The van der Waals surface area contributed by atoms with Gasteiger partial charge in [0.15, 0.2) is 0 Å². The van der Waals surface area contributed by atoms with Crippen LogP contribution in [0.1, 0.15) is 25.7 Å². The van der Waals surface area contributed by atoms with E-state index in [1.807, 2.05) is 0 Å². The lowest BCUT2D eigenvalue weighted by atomic mass is 10.1. The average Bonchev–Trinajstić information content (AvgIpc) is 2.84. The van der Waals surface area contributed by atoms with Crippen molar-refractivity contribution in [2.75, 3.05) is 17.7 Å². The number of halogens is 1. The summed E-state index contributed by atoms with van der Waals surface area (Å²) in [7, 11) is 0. The number of carbonyl (C=O) groups is 1. The number of carbonyl (C=O) groups excluding carboxylic acids is 1. The van der Waals surface area contributed by atoms with Crippen LogP contribution in [0.3, 0.4) is 0 Å². The van der Waals surface area contributed by atoms with Crippen molar-refractivity contribution in [3.8, 4) is 0 Å². The third-order valence-electron chi connectivity index (χ3n) is 3.00. The first-order valence-electron chi connectivity index (χ1n) is 6.11. The number of ether oxygens (including phenoxy) is 1. The zero-order valence-corrected chi connectivity index (χ0v) is 11.7. The Bertz CT molecular complexity index is 431. The van der Waals surface area contributed by atoms with Gasteiger partial charge in [0.25, 0.3) is 0 Å². The molecule has 1 aromatic rings. The molecule has 0 radical (unpaired) electrons. The Morgan fingerprint density at radius 3 is 3.06 bits per heavy atom. The Hall–Kier alpha value is -1.07. The number of rotatable bonds is 4. The van der Waals surface area contributed by atoms with Crippen LogP contribution in [-0.2, 0) is 9.53 Å². The van der Waals surface area contributed by atoms with Crippen molar-refractivity contribution in [2.45, 2.75) is 31.8 Å². The number of amides is 1. The monoisotopic (exact) mass is 312 g/mol. The van der Waals surface area contributed by atoms with Crippen molar-refractivity contribution in [2.24, 2.45) is 0 Å². The first-order chi connectivity index (χ1) is 8.65. The fourth-order valence-corrected chi connectivity index (χ4v) is 2.37.